The van der Waals surface area contributed by atoms with Crippen LogP contribution in [0.4, 0.5) is 0 Å². The molecule has 0 fully saturated rings. The molecule has 0 N–H and O–H groups in total. The number of aromatic nitrogens is 12. The maximum atomic E-state index is 5.26. The van der Waals surface area contributed by atoms with Crippen molar-refractivity contribution in [1.82, 2.24) is 59.8 Å². The highest BCUT2D eigenvalue weighted by Crippen LogP contribution is 2.40. The van der Waals surface area contributed by atoms with Gasteiger partial charge in [-0.1, -0.05) is 164 Å². The van der Waals surface area contributed by atoms with Gasteiger partial charge < -0.3 is 0 Å². The highest BCUT2D eigenvalue weighted by atomic mass is 14.8. The maximum Gasteiger partial charge on any atom is 0.0972 e. The van der Waals surface area contributed by atoms with Crippen molar-refractivity contribution in [1.29, 1.82) is 0 Å². The van der Waals surface area contributed by atoms with Gasteiger partial charge in [-0.15, -0.1) is 0 Å². The van der Waals surface area contributed by atoms with E-state index in [1.165, 1.54) is 0 Å². The molecule has 12 aromatic heterocycles. The molecule has 0 saturated carbocycles. The van der Waals surface area contributed by atoms with Crippen LogP contribution in [0, 0.1) is 0 Å². The smallest absolute Gasteiger partial charge is 0.0972 e. The zero-order chi connectivity index (χ0) is 70.0. The van der Waals surface area contributed by atoms with E-state index in [-0.39, 0.29) is 0 Å². The van der Waals surface area contributed by atoms with Crippen molar-refractivity contribution in [2.75, 3.05) is 0 Å². The minimum absolute atomic E-state index is 0.839. The van der Waals surface area contributed by atoms with Gasteiger partial charge in [-0.25, -0.2) is 29.9 Å². The summed E-state index contributed by atoms with van der Waals surface area (Å²) in [5.74, 6) is 0. The molecule has 0 bridgehead atoms. The lowest BCUT2D eigenvalue weighted by molar-refractivity contribution is 1.28. The molecule has 12 nitrogen and oxygen atoms in total. The molecule has 0 aliphatic carbocycles. The molecule has 12 heterocycles. The molecule has 0 amide bonds. The average molecular weight is 1350 g/mol. The second-order valence-corrected chi connectivity index (χ2v) is 26.4. The molecule has 492 valence electrons. The summed E-state index contributed by atoms with van der Waals surface area (Å²) in [6, 6.07) is 105. The second kappa shape index (κ2) is 25.8. The van der Waals surface area contributed by atoms with E-state index in [1.54, 1.807) is 12.4 Å². The van der Waals surface area contributed by atoms with E-state index < -0.39 is 0 Å². The number of nitrogens with zero attached hydrogens (tertiary/aromatic N) is 12. The summed E-state index contributed by atoms with van der Waals surface area (Å²) < 4.78 is 0. The summed E-state index contributed by atoms with van der Waals surface area (Å²) in [6.45, 7) is 0. The Morgan fingerprint density at radius 3 is 0.991 bits per heavy atom. The quantitative estimate of drug-likeness (QED) is 0.126. The molecule has 106 heavy (non-hydrogen) atoms. The molecule has 0 saturated heterocycles. The molecule has 0 unspecified atom stereocenters. The normalized spacial score (nSPS) is 11.6. The van der Waals surface area contributed by atoms with Crippen LogP contribution >= 0.6 is 0 Å². The topological polar surface area (TPSA) is 155 Å². The van der Waals surface area contributed by atoms with Crippen molar-refractivity contribution in [2.45, 2.75) is 0 Å². The number of rotatable bonds is 9. The minimum atomic E-state index is 0.839. The number of benzene rings is 9. The second-order valence-electron chi connectivity index (χ2n) is 26.4. The predicted octanol–water partition coefficient (Wildman–Crippen LogP) is 22.6. The molecule has 0 spiro atoms. The van der Waals surface area contributed by atoms with Crippen molar-refractivity contribution < 1.29 is 0 Å². The lowest BCUT2D eigenvalue weighted by Crippen LogP contribution is -1.93. The van der Waals surface area contributed by atoms with Gasteiger partial charge in [-0.05, 0) is 173 Å². The van der Waals surface area contributed by atoms with Crippen LogP contribution in [0.15, 0.2) is 340 Å². The Hall–Kier alpha value is -14.6. The van der Waals surface area contributed by atoms with E-state index in [4.69, 9.17) is 44.9 Å². The number of hydrogen-bond acceptors (Lipinski definition) is 12. The van der Waals surface area contributed by atoms with Gasteiger partial charge in [0.2, 0.25) is 0 Å². The molecule has 0 aliphatic rings. The van der Waals surface area contributed by atoms with Gasteiger partial charge in [0.1, 0.15) is 0 Å². The Kier molecular flexibility index (Phi) is 14.9. The van der Waals surface area contributed by atoms with E-state index in [0.717, 1.165) is 210 Å². The van der Waals surface area contributed by atoms with Crippen molar-refractivity contribution in [3.63, 3.8) is 0 Å². The first-order valence-electron chi connectivity index (χ1n) is 35.1. The summed E-state index contributed by atoms with van der Waals surface area (Å²) in [6.07, 6.45) is 10.9. The Morgan fingerprint density at radius 1 is 0.151 bits per heavy atom. The van der Waals surface area contributed by atoms with Gasteiger partial charge in [0.25, 0.3) is 0 Å². The number of hydrogen-bond donors (Lipinski definition) is 0. The summed E-state index contributed by atoms with van der Waals surface area (Å²) in [5.41, 5.74) is 26.5. The van der Waals surface area contributed by atoms with Gasteiger partial charge in [0.15, 0.2) is 0 Å². The van der Waals surface area contributed by atoms with E-state index in [9.17, 15) is 0 Å². The fraction of sp³-hybridized carbons (Fsp3) is 0. The first-order valence-corrected chi connectivity index (χ1v) is 35.1. The Labute approximate surface area is 606 Å². The molecule has 21 aromatic rings. The van der Waals surface area contributed by atoms with Crippen molar-refractivity contribution in [3.8, 4) is 101 Å². The predicted molar refractivity (Wildman–Crippen MR) is 430 cm³/mol. The third-order valence-corrected chi connectivity index (χ3v) is 19.9. The fourth-order valence-electron chi connectivity index (χ4n) is 14.5. The summed E-state index contributed by atoms with van der Waals surface area (Å²) in [4.78, 5) is 58.5. The van der Waals surface area contributed by atoms with E-state index in [0.29, 0.717) is 0 Å². The van der Waals surface area contributed by atoms with Crippen LogP contribution in [0.3, 0.4) is 0 Å². The summed E-state index contributed by atoms with van der Waals surface area (Å²) >= 11 is 0. The highest BCUT2D eigenvalue weighted by Gasteiger charge is 2.18. The largest absolute Gasteiger partial charge is 0.255 e. The van der Waals surface area contributed by atoms with Crippen LogP contribution in [0.1, 0.15) is 0 Å². The van der Waals surface area contributed by atoms with Crippen LogP contribution in [-0.2, 0) is 0 Å². The molecule has 9 aromatic carbocycles. The van der Waals surface area contributed by atoms with Crippen molar-refractivity contribution in [3.05, 3.63) is 340 Å². The van der Waals surface area contributed by atoms with E-state index in [2.05, 4.69) is 245 Å². The maximum absolute atomic E-state index is 5.26. The van der Waals surface area contributed by atoms with E-state index >= 15 is 0 Å². The zero-order valence-corrected chi connectivity index (χ0v) is 56.7. The van der Waals surface area contributed by atoms with Gasteiger partial charge in [0.05, 0.1) is 101 Å². The monoisotopic (exact) mass is 1350 g/mol. The highest BCUT2D eigenvalue weighted by molar-refractivity contribution is 6.11. The van der Waals surface area contributed by atoms with Crippen LogP contribution in [-0.4, -0.2) is 59.8 Å². The van der Waals surface area contributed by atoms with Gasteiger partial charge in [-0.3, -0.25) is 29.9 Å². The molecule has 0 radical (unpaired) electrons. The minimum Gasteiger partial charge on any atom is -0.255 e. The molecule has 12 heteroatoms. The summed E-state index contributed by atoms with van der Waals surface area (Å²) in [5, 5.41) is 10.7. The molecule has 21 rings (SSSR count). The molecular formula is C94H56N12. The van der Waals surface area contributed by atoms with E-state index in [1.807, 2.05) is 97.6 Å². The molecule has 0 atom stereocenters. The Morgan fingerprint density at radius 2 is 0.491 bits per heavy atom. The SMILES string of the molecule is c1ccc(-c2ccc3ccc(-c4ccc5ccc(-c6cc(-c7ccc8ccc9cccnc9c8n7)cc(-c7ccc8ccc9cccnc9c8n7)c6)cc5n4)cc3n2)nc1.c1ccc(-c2ccc3ccc(-c4ccc5ccc(-c6cccc(-c7cc8cccnc8c8ncccc78)c6)cc5n4)cc3n2)nc1. The van der Waals surface area contributed by atoms with Gasteiger partial charge in [0, 0.05) is 113 Å². The lowest BCUT2D eigenvalue weighted by Gasteiger charge is -2.13. The lowest BCUT2D eigenvalue weighted by atomic mass is 9.94. The zero-order valence-electron chi connectivity index (χ0n) is 56.7. The van der Waals surface area contributed by atoms with Crippen LogP contribution in [0.2, 0.25) is 0 Å². The Balaban J connectivity index is 0.000000145. The van der Waals surface area contributed by atoms with Crippen molar-refractivity contribution >= 4 is 109 Å². The van der Waals surface area contributed by atoms with Gasteiger partial charge >= 0.3 is 0 Å². The Bertz CT molecular complexity index is 6980. The first kappa shape index (κ1) is 61.3. The van der Waals surface area contributed by atoms with Crippen molar-refractivity contribution in [2.24, 2.45) is 0 Å². The van der Waals surface area contributed by atoms with Crippen LogP contribution in [0.5, 0.6) is 0 Å². The molecule has 0 aliphatic heterocycles. The number of fused-ring (bicyclic) bond motifs is 13. The van der Waals surface area contributed by atoms with Crippen LogP contribution < -0.4 is 0 Å². The standard InChI is InChI=1S/C53H31N7.C41H25N5/c1-2-24-54-46(7-1)47-23-17-33-9-15-39(31-49(33)58-47)43-20-16-32-8-14-38(30-48(32)57-43)40-27-41(44-21-18-36-12-10-34-5-3-25-55-50(34)52(36)59-44)29-42(28-40)45-22-19-37-13-11-35-6-4-26-56-51(35)53(37)60-45;1-2-19-42-36(10-1)37-18-16-27-12-14-31(25-39(27)46-37)35-17-15-26-11-13-29(24-38(26)45-35)28-6-3-7-30(22-28)34-23-32-8-4-20-43-40(32)41-33(34)9-5-21-44-41/h1-31H;1-25H. The third-order valence-electron chi connectivity index (χ3n) is 19.9. The third kappa shape index (κ3) is 11.4. The fourth-order valence-corrected chi connectivity index (χ4v) is 14.5. The summed E-state index contributed by atoms with van der Waals surface area (Å²) in [7, 11) is 0. The number of pyridine rings is 12. The average Bonchev–Trinajstić information content (AvgIpc) is 0.770. The van der Waals surface area contributed by atoms with Crippen LogP contribution in [0.25, 0.3) is 210 Å². The van der Waals surface area contributed by atoms with Gasteiger partial charge in [-0.2, -0.15) is 0 Å². The first-order chi connectivity index (χ1) is 52.4. The molecular weight excluding hydrogens is 1300 g/mol.